The van der Waals surface area contributed by atoms with Crippen LogP contribution >= 0.6 is 0 Å². The average Bonchev–Trinajstić information content (AvgIpc) is 2.84. The maximum absolute atomic E-state index is 13.2. The molecule has 1 amide bonds. The Morgan fingerprint density at radius 3 is 1.74 bits per heavy atom. The minimum absolute atomic E-state index is 0.0132. The molecule has 0 bridgehead atoms. The highest BCUT2D eigenvalue weighted by atomic mass is 16.6. The molecule has 0 aliphatic carbocycles. The predicted octanol–water partition coefficient (Wildman–Crippen LogP) is 3.31. The predicted molar refractivity (Wildman–Crippen MR) is 123 cm³/mol. The summed E-state index contributed by atoms with van der Waals surface area (Å²) in [6.45, 7) is 3.22. The fourth-order valence-electron chi connectivity index (χ4n) is 3.45. The molecule has 2 aromatic carbocycles. The number of amides is 1. The van der Waals surface area contributed by atoms with Crippen molar-refractivity contribution < 1.29 is 33.3 Å². The van der Waals surface area contributed by atoms with E-state index in [9.17, 15) is 19.6 Å². The molecule has 34 heavy (non-hydrogen) atoms. The van der Waals surface area contributed by atoms with Crippen molar-refractivity contribution in [3.8, 4) is 17.6 Å². The van der Waals surface area contributed by atoms with Crippen molar-refractivity contribution in [1.29, 1.82) is 5.26 Å². The molecule has 180 valence electrons. The number of anilines is 1. The molecule has 0 radical (unpaired) electrons. The second-order valence-electron chi connectivity index (χ2n) is 7.11. The van der Waals surface area contributed by atoms with E-state index < -0.39 is 35.6 Å². The van der Waals surface area contributed by atoms with Crippen molar-refractivity contribution in [1.82, 2.24) is 0 Å². The first-order valence-electron chi connectivity index (χ1n) is 10.7. The number of ether oxygens (including phenoxy) is 4. The lowest BCUT2D eigenvalue weighted by Gasteiger charge is -2.27. The summed E-state index contributed by atoms with van der Waals surface area (Å²) in [6.07, 6.45) is 0. The van der Waals surface area contributed by atoms with Crippen molar-refractivity contribution in [2.75, 3.05) is 32.8 Å². The number of methoxy groups -OCH3 is 2. The van der Waals surface area contributed by atoms with Crippen LogP contribution in [0, 0.1) is 23.2 Å². The molecule has 2 atom stereocenters. The average molecular weight is 469 g/mol. The van der Waals surface area contributed by atoms with Gasteiger partial charge < -0.3 is 24.3 Å². The van der Waals surface area contributed by atoms with Crippen LogP contribution in [0.15, 0.2) is 48.5 Å². The van der Waals surface area contributed by atoms with Crippen LogP contribution in [-0.4, -0.2) is 45.3 Å². The van der Waals surface area contributed by atoms with Crippen molar-refractivity contribution in [2.24, 2.45) is 11.8 Å². The minimum atomic E-state index is -1.53. The Balaban J connectivity index is 2.52. The number of hydrogen-bond acceptors (Lipinski definition) is 8. The molecule has 2 aromatic rings. The van der Waals surface area contributed by atoms with Crippen LogP contribution < -0.4 is 14.8 Å². The van der Waals surface area contributed by atoms with E-state index in [4.69, 9.17) is 18.9 Å². The number of esters is 2. The van der Waals surface area contributed by atoms with Gasteiger partial charge >= 0.3 is 11.9 Å². The number of hydrogen-bond donors (Lipinski definition) is 1. The molecule has 0 aromatic heterocycles. The summed E-state index contributed by atoms with van der Waals surface area (Å²) in [5, 5.41) is 12.7. The zero-order valence-corrected chi connectivity index (χ0v) is 19.6. The van der Waals surface area contributed by atoms with Crippen LogP contribution in [0.5, 0.6) is 11.5 Å². The summed E-state index contributed by atoms with van der Waals surface area (Å²) in [5.41, 5.74) is 0.826. The molecule has 0 aliphatic rings. The fourth-order valence-corrected chi connectivity index (χ4v) is 3.45. The number of nitrogens with zero attached hydrogens (tertiary/aromatic N) is 1. The van der Waals surface area contributed by atoms with E-state index in [1.807, 2.05) is 6.07 Å². The standard InChI is InChI=1S/C25H28N2O7/c1-5-33-24(29)22(25(30)34-6-2)21(16-7-11-18(31-3)12-8-16)20(15-26)23(28)27-17-9-13-19(32-4)14-10-17/h7-14,20-22H,5-6H2,1-4H3,(H,27,28). The normalized spacial score (nSPS) is 12.1. The third kappa shape index (κ3) is 6.48. The molecule has 0 saturated heterocycles. The van der Waals surface area contributed by atoms with Crippen LogP contribution in [0.3, 0.4) is 0 Å². The van der Waals surface area contributed by atoms with Gasteiger partial charge in [-0.15, -0.1) is 0 Å². The summed E-state index contributed by atoms with van der Waals surface area (Å²) in [6, 6.07) is 14.9. The van der Waals surface area contributed by atoms with E-state index in [0.717, 1.165) is 0 Å². The fraction of sp³-hybridized carbons (Fsp3) is 0.360. The Labute approximate surface area is 198 Å². The first-order valence-corrected chi connectivity index (χ1v) is 10.7. The molecule has 1 N–H and O–H groups in total. The third-order valence-corrected chi connectivity index (χ3v) is 5.08. The molecule has 0 spiro atoms. The number of carbonyl (C=O) groups is 3. The number of rotatable bonds is 11. The first-order chi connectivity index (χ1) is 16.4. The van der Waals surface area contributed by atoms with E-state index in [1.54, 1.807) is 62.4 Å². The van der Waals surface area contributed by atoms with E-state index in [1.165, 1.54) is 14.2 Å². The molecule has 2 unspecified atom stereocenters. The zero-order valence-electron chi connectivity index (χ0n) is 19.6. The van der Waals surface area contributed by atoms with Crippen molar-refractivity contribution in [2.45, 2.75) is 19.8 Å². The van der Waals surface area contributed by atoms with Crippen LogP contribution in [0.25, 0.3) is 0 Å². The smallest absolute Gasteiger partial charge is 0.321 e. The summed E-state index contributed by atoms with van der Waals surface area (Å²) < 4.78 is 20.5. The number of carbonyl (C=O) groups excluding carboxylic acids is 3. The lowest BCUT2D eigenvalue weighted by molar-refractivity contribution is -0.163. The van der Waals surface area contributed by atoms with E-state index in [0.29, 0.717) is 22.7 Å². The van der Waals surface area contributed by atoms with Gasteiger partial charge in [0.05, 0.1) is 33.5 Å². The Morgan fingerprint density at radius 2 is 1.32 bits per heavy atom. The van der Waals surface area contributed by atoms with Gasteiger partial charge in [-0.1, -0.05) is 12.1 Å². The minimum Gasteiger partial charge on any atom is -0.497 e. The molecular formula is C25H28N2O7. The third-order valence-electron chi connectivity index (χ3n) is 5.08. The molecule has 9 nitrogen and oxygen atoms in total. The molecule has 0 saturated carbocycles. The molecule has 0 aliphatic heterocycles. The quantitative estimate of drug-likeness (QED) is 0.393. The van der Waals surface area contributed by atoms with E-state index in [-0.39, 0.29) is 13.2 Å². The van der Waals surface area contributed by atoms with Crippen LogP contribution in [0.4, 0.5) is 5.69 Å². The van der Waals surface area contributed by atoms with Gasteiger partial charge in [-0.05, 0) is 55.8 Å². The van der Waals surface area contributed by atoms with Gasteiger partial charge in [-0.25, -0.2) is 0 Å². The SMILES string of the molecule is CCOC(=O)C(C(=O)OCC)C(c1ccc(OC)cc1)C(C#N)C(=O)Nc1ccc(OC)cc1. The van der Waals surface area contributed by atoms with E-state index in [2.05, 4.69) is 5.32 Å². The van der Waals surface area contributed by atoms with Gasteiger partial charge in [0.1, 0.15) is 17.4 Å². The highest BCUT2D eigenvalue weighted by Gasteiger charge is 2.45. The summed E-state index contributed by atoms with van der Waals surface area (Å²) >= 11 is 0. The summed E-state index contributed by atoms with van der Waals surface area (Å²) in [4.78, 5) is 38.9. The maximum Gasteiger partial charge on any atom is 0.321 e. The summed E-state index contributed by atoms with van der Waals surface area (Å²) in [7, 11) is 3.01. The highest BCUT2D eigenvalue weighted by Crippen LogP contribution is 2.36. The van der Waals surface area contributed by atoms with Crippen LogP contribution in [0.1, 0.15) is 25.3 Å². The second kappa shape index (κ2) is 12.8. The van der Waals surface area contributed by atoms with Gasteiger partial charge in [-0.2, -0.15) is 5.26 Å². The van der Waals surface area contributed by atoms with E-state index >= 15 is 0 Å². The molecule has 2 rings (SSSR count). The maximum atomic E-state index is 13.2. The lowest BCUT2D eigenvalue weighted by atomic mass is 9.76. The zero-order chi connectivity index (χ0) is 25.1. The van der Waals surface area contributed by atoms with Gasteiger partial charge in [0, 0.05) is 11.6 Å². The Hall–Kier alpha value is -4.06. The largest absolute Gasteiger partial charge is 0.497 e. The van der Waals surface area contributed by atoms with Gasteiger partial charge in [-0.3, -0.25) is 14.4 Å². The topological polar surface area (TPSA) is 124 Å². The monoisotopic (exact) mass is 468 g/mol. The first kappa shape index (κ1) is 26.2. The molecule has 9 heteroatoms. The molecular weight excluding hydrogens is 440 g/mol. The number of nitrogens with one attached hydrogen (secondary N) is 1. The Morgan fingerprint density at radius 1 is 0.853 bits per heavy atom. The lowest BCUT2D eigenvalue weighted by Crippen LogP contribution is -2.40. The van der Waals surface area contributed by atoms with Crippen molar-refractivity contribution in [3.05, 3.63) is 54.1 Å². The number of benzene rings is 2. The Kier molecular flexibility index (Phi) is 9.90. The van der Waals surface area contributed by atoms with Gasteiger partial charge in [0.15, 0.2) is 5.92 Å². The Bertz CT molecular complexity index is 995. The van der Waals surface area contributed by atoms with Gasteiger partial charge in [0.2, 0.25) is 5.91 Å². The number of nitriles is 1. The second-order valence-corrected chi connectivity index (χ2v) is 7.11. The molecule has 0 heterocycles. The molecule has 0 fully saturated rings. The van der Waals surface area contributed by atoms with Crippen LogP contribution in [-0.2, 0) is 23.9 Å². The van der Waals surface area contributed by atoms with Crippen LogP contribution in [0.2, 0.25) is 0 Å². The van der Waals surface area contributed by atoms with Gasteiger partial charge in [0.25, 0.3) is 0 Å². The van der Waals surface area contributed by atoms with Crippen molar-refractivity contribution in [3.63, 3.8) is 0 Å². The van der Waals surface area contributed by atoms with Crippen molar-refractivity contribution >= 4 is 23.5 Å². The highest BCUT2D eigenvalue weighted by molar-refractivity contribution is 6.00. The summed E-state index contributed by atoms with van der Waals surface area (Å²) in [5.74, 6) is -5.44.